The van der Waals surface area contributed by atoms with Gasteiger partial charge in [0, 0.05) is 9.75 Å². The molecule has 0 fully saturated rings. The Balaban J connectivity index is 1.56. The summed E-state index contributed by atoms with van der Waals surface area (Å²) in [5.74, 6) is 0. The van der Waals surface area contributed by atoms with Gasteiger partial charge >= 0.3 is 0 Å². The Morgan fingerprint density at radius 2 is 1.29 bits per heavy atom. The minimum Gasteiger partial charge on any atom is -0.136 e. The molecule has 0 atom stereocenters. The van der Waals surface area contributed by atoms with E-state index >= 15 is 0 Å². The maximum absolute atomic E-state index is 2.36. The van der Waals surface area contributed by atoms with Gasteiger partial charge in [0.15, 0.2) is 0 Å². The molecule has 4 aromatic carbocycles. The highest BCUT2D eigenvalue weighted by Crippen LogP contribution is 2.42. The predicted octanol–water partition coefficient (Wildman–Crippen LogP) is 9.12. The Hall–Kier alpha value is -3.42. The molecule has 0 saturated heterocycles. The quantitative estimate of drug-likeness (QED) is 0.258. The Morgan fingerprint density at radius 3 is 2.13 bits per heavy atom. The SMILES string of the molecule is C1=CCCC(c2ccc(-c3ccccc3-c3cc4ccccc4c4ccccc34)s2)=C1. The summed E-state index contributed by atoms with van der Waals surface area (Å²) in [6, 6.07) is 33.3. The summed E-state index contributed by atoms with van der Waals surface area (Å²) in [6.45, 7) is 0. The standard InChI is InChI=1S/C30H22S/c1-2-10-21(11-3-1)29-18-19-30(31-29)27-17-9-8-16-26(27)28-20-22-12-4-5-13-23(22)24-14-6-7-15-25(24)28/h1-2,4-10,12-20H,3,11H2. The summed E-state index contributed by atoms with van der Waals surface area (Å²) in [5.41, 5.74) is 5.37. The number of thiophene rings is 1. The van der Waals surface area contributed by atoms with Gasteiger partial charge in [-0.25, -0.2) is 0 Å². The molecule has 0 bridgehead atoms. The molecule has 6 rings (SSSR count). The number of benzene rings is 4. The minimum atomic E-state index is 1.13. The normalized spacial score (nSPS) is 13.6. The summed E-state index contributed by atoms with van der Waals surface area (Å²) in [6.07, 6.45) is 8.97. The molecule has 1 aliphatic carbocycles. The fraction of sp³-hybridized carbons (Fsp3) is 0.0667. The molecule has 0 spiro atoms. The third-order valence-corrected chi connectivity index (χ3v) is 7.38. The summed E-state index contributed by atoms with van der Waals surface area (Å²) < 4.78 is 0. The maximum Gasteiger partial charge on any atom is 0.0355 e. The second-order valence-electron chi connectivity index (χ2n) is 8.06. The zero-order chi connectivity index (χ0) is 20.6. The van der Waals surface area contributed by atoms with E-state index in [-0.39, 0.29) is 0 Å². The van der Waals surface area contributed by atoms with Crippen LogP contribution in [0.5, 0.6) is 0 Å². The molecule has 0 unspecified atom stereocenters. The van der Waals surface area contributed by atoms with Crippen molar-refractivity contribution in [1.82, 2.24) is 0 Å². The van der Waals surface area contributed by atoms with Crippen LogP contribution in [0.1, 0.15) is 17.7 Å². The molecule has 0 aliphatic heterocycles. The number of hydrogen-bond donors (Lipinski definition) is 0. The van der Waals surface area contributed by atoms with Crippen LogP contribution in [0.3, 0.4) is 0 Å². The summed E-state index contributed by atoms with van der Waals surface area (Å²) in [4.78, 5) is 2.72. The van der Waals surface area contributed by atoms with Crippen LogP contribution in [-0.4, -0.2) is 0 Å². The van der Waals surface area contributed by atoms with Gasteiger partial charge in [-0.1, -0.05) is 91.0 Å². The van der Waals surface area contributed by atoms with Gasteiger partial charge in [0.25, 0.3) is 0 Å². The third-order valence-electron chi connectivity index (χ3n) is 6.19. The van der Waals surface area contributed by atoms with Crippen LogP contribution in [0.15, 0.2) is 109 Å². The Morgan fingerprint density at radius 1 is 0.581 bits per heavy atom. The van der Waals surface area contributed by atoms with Crippen molar-refractivity contribution >= 4 is 38.5 Å². The second-order valence-corrected chi connectivity index (χ2v) is 9.14. The maximum atomic E-state index is 2.36. The van der Waals surface area contributed by atoms with Crippen molar-refractivity contribution < 1.29 is 0 Å². The Labute approximate surface area is 186 Å². The van der Waals surface area contributed by atoms with Crippen LogP contribution in [-0.2, 0) is 0 Å². The molecular weight excluding hydrogens is 392 g/mol. The molecule has 1 heterocycles. The molecule has 31 heavy (non-hydrogen) atoms. The number of rotatable bonds is 3. The fourth-order valence-corrected chi connectivity index (χ4v) is 5.77. The number of hydrogen-bond acceptors (Lipinski definition) is 1. The minimum absolute atomic E-state index is 1.13. The molecular formula is C30H22S. The lowest BCUT2D eigenvalue weighted by molar-refractivity contribution is 1.06. The van der Waals surface area contributed by atoms with E-state index in [2.05, 4.69) is 109 Å². The van der Waals surface area contributed by atoms with Gasteiger partial charge in [-0.2, -0.15) is 0 Å². The fourth-order valence-electron chi connectivity index (χ4n) is 4.67. The lowest BCUT2D eigenvalue weighted by Crippen LogP contribution is -1.87. The van der Waals surface area contributed by atoms with E-state index in [0.29, 0.717) is 0 Å². The van der Waals surface area contributed by atoms with E-state index < -0.39 is 0 Å². The predicted molar refractivity (Wildman–Crippen MR) is 137 cm³/mol. The van der Waals surface area contributed by atoms with Gasteiger partial charge in [-0.05, 0) is 74.8 Å². The smallest absolute Gasteiger partial charge is 0.0355 e. The second kappa shape index (κ2) is 7.68. The first kappa shape index (κ1) is 18.4. The number of allylic oxidation sites excluding steroid dienone is 4. The van der Waals surface area contributed by atoms with Gasteiger partial charge in [0.2, 0.25) is 0 Å². The van der Waals surface area contributed by atoms with E-state index in [9.17, 15) is 0 Å². The zero-order valence-corrected chi connectivity index (χ0v) is 18.0. The van der Waals surface area contributed by atoms with Crippen molar-refractivity contribution in [3.8, 4) is 21.6 Å². The largest absolute Gasteiger partial charge is 0.136 e. The van der Waals surface area contributed by atoms with Crippen LogP contribution >= 0.6 is 11.3 Å². The molecule has 148 valence electrons. The van der Waals surface area contributed by atoms with Crippen LogP contribution in [0.25, 0.3) is 48.7 Å². The van der Waals surface area contributed by atoms with Crippen LogP contribution in [0.2, 0.25) is 0 Å². The first-order chi connectivity index (χ1) is 15.4. The molecule has 0 amide bonds. The highest BCUT2D eigenvalue weighted by Gasteiger charge is 2.15. The van der Waals surface area contributed by atoms with E-state index in [4.69, 9.17) is 0 Å². The zero-order valence-electron chi connectivity index (χ0n) is 17.2. The average Bonchev–Trinajstić information content (AvgIpc) is 3.34. The van der Waals surface area contributed by atoms with E-state index in [1.54, 1.807) is 0 Å². The summed E-state index contributed by atoms with van der Waals surface area (Å²) in [5, 5.41) is 5.23. The van der Waals surface area contributed by atoms with Gasteiger partial charge in [0.1, 0.15) is 0 Å². The third kappa shape index (κ3) is 3.22. The molecule has 0 N–H and O–H groups in total. The molecule has 5 aromatic rings. The van der Waals surface area contributed by atoms with Crippen LogP contribution in [0, 0.1) is 0 Å². The Bertz CT molecular complexity index is 1480. The van der Waals surface area contributed by atoms with Gasteiger partial charge in [-0.3, -0.25) is 0 Å². The molecule has 0 radical (unpaired) electrons. The van der Waals surface area contributed by atoms with Crippen molar-refractivity contribution in [2.75, 3.05) is 0 Å². The number of fused-ring (bicyclic) bond motifs is 3. The van der Waals surface area contributed by atoms with Crippen LogP contribution in [0.4, 0.5) is 0 Å². The van der Waals surface area contributed by atoms with Gasteiger partial charge in [-0.15, -0.1) is 11.3 Å². The lowest BCUT2D eigenvalue weighted by Gasteiger charge is -2.14. The van der Waals surface area contributed by atoms with E-state index in [0.717, 1.165) is 12.8 Å². The highest BCUT2D eigenvalue weighted by atomic mass is 32.1. The van der Waals surface area contributed by atoms with Crippen LogP contribution < -0.4 is 0 Å². The van der Waals surface area contributed by atoms with Gasteiger partial charge < -0.3 is 0 Å². The molecule has 1 heteroatoms. The monoisotopic (exact) mass is 414 g/mol. The summed E-state index contributed by atoms with van der Waals surface area (Å²) in [7, 11) is 0. The van der Waals surface area contributed by atoms with E-state index in [1.807, 2.05) is 11.3 Å². The van der Waals surface area contributed by atoms with Crippen molar-refractivity contribution in [3.05, 3.63) is 114 Å². The Kier molecular flexibility index (Phi) is 4.55. The van der Waals surface area contributed by atoms with Crippen molar-refractivity contribution in [3.63, 3.8) is 0 Å². The topological polar surface area (TPSA) is 0 Å². The first-order valence-corrected chi connectivity index (χ1v) is 11.7. The molecule has 0 nitrogen and oxygen atoms in total. The molecule has 1 aliphatic rings. The van der Waals surface area contributed by atoms with Crippen molar-refractivity contribution in [1.29, 1.82) is 0 Å². The van der Waals surface area contributed by atoms with Crippen molar-refractivity contribution in [2.45, 2.75) is 12.8 Å². The van der Waals surface area contributed by atoms with Gasteiger partial charge in [0.05, 0.1) is 0 Å². The van der Waals surface area contributed by atoms with Crippen molar-refractivity contribution in [2.24, 2.45) is 0 Å². The molecule has 0 saturated carbocycles. The lowest BCUT2D eigenvalue weighted by atomic mass is 9.91. The average molecular weight is 415 g/mol. The molecule has 1 aromatic heterocycles. The highest BCUT2D eigenvalue weighted by molar-refractivity contribution is 7.16. The van der Waals surface area contributed by atoms with E-state index in [1.165, 1.54) is 53.6 Å². The summed E-state index contributed by atoms with van der Waals surface area (Å²) >= 11 is 1.91. The first-order valence-electron chi connectivity index (χ1n) is 10.8.